The Hall–Kier alpha value is -2.25. The van der Waals surface area contributed by atoms with Gasteiger partial charge in [0, 0.05) is 12.1 Å². The lowest BCUT2D eigenvalue weighted by Gasteiger charge is -2.40. The van der Waals surface area contributed by atoms with E-state index in [1.807, 2.05) is 18.2 Å². The monoisotopic (exact) mass is 429 g/mol. The van der Waals surface area contributed by atoms with Crippen LogP contribution in [0.5, 0.6) is 0 Å². The third-order valence-corrected chi connectivity index (χ3v) is 7.41. The van der Waals surface area contributed by atoms with Gasteiger partial charge in [0.25, 0.3) is 0 Å². The minimum absolute atomic E-state index is 0. The number of fused-ring (bicyclic) bond motifs is 2. The Bertz CT molecular complexity index is 1010. The third kappa shape index (κ3) is 3.34. The zero-order valence-corrected chi connectivity index (χ0v) is 16.6. The summed E-state index contributed by atoms with van der Waals surface area (Å²) in [6.07, 6.45) is 3.34. The van der Waals surface area contributed by atoms with E-state index in [9.17, 15) is 13.6 Å². The number of carbonyl (C=O) groups is 1. The van der Waals surface area contributed by atoms with E-state index in [-0.39, 0.29) is 24.8 Å². The van der Waals surface area contributed by atoms with E-state index in [2.05, 4.69) is 16.5 Å². The number of hydrogen-bond donors (Lipinski definition) is 1. The van der Waals surface area contributed by atoms with Gasteiger partial charge in [-0.05, 0) is 61.6 Å². The second-order valence-electron chi connectivity index (χ2n) is 7.77. The maximum Gasteiger partial charge on any atom is 0.248 e. The molecule has 1 aliphatic carbocycles. The van der Waals surface area contributed by atoms with Crippen molar-refractivity contribution in [3.05, 3.63) is 70.8 Å². The molecule has 2 aromatic rings. The molecule has 3 aliphatic rings. The molecule has 1 amide bonds. The van der Waals surface area contributed by atoms with Gasteiger partial charge in [-0.15, -0.1) is 0 Å². The number of thioether (sulfide) groups is 1. The number of amides is 1. The van der Waals surface area contributed by atoms with Gasteiger partial charge in [0.2, 0.25) is 5.91 Å². The van der Waals surface area contributed by atoms with Gasteiger partial charge in [0.15, 0.2) is 0 Å². The van der Waals surface area contributed by atoms with E-state index >= 15 is 0 Å². The number of benzene rings is 2. The zero-order valence-electron chi connectivity index (χ0n) is 15.8. The Morgan fingerprint density at radius 2 is 2.07 bits per heavy atom. The molecule has 0 saturated carbocycles. The van der Waals surface area contributed by atoms with E-state index in [0.29, 0.717) is 11.6 Å². The van der Waals surface area contributed by atoms with Gasteiger partial charge in [-0.3, -0.25) is 4.79 Å². The fourth-order valence-electron chi connectivity index (χ4n) is 4.53. The van der Waals surface area contributed by atoms with Gasteiger partial charge >= 0.3 is 0 Å². The summed E-state index contributed by atoms with van der Waals surface area (Å²) in [6, 6.07) is 11.4. The van der Waals surface area contributed by atoms with Crippen LogP contribution in [-0.4, -0.2) is 29.0 Å². The average molecular weight is 430 g/mol. The zero-order chi connectivity index (χ0) is 20.0. The first-order valence-corrected chi connectivity index (χ1v) is 10.8. The Kier molecular flexibility index (Phi) is 5.68. The fourth-order valence-corrected chi connectivity index (χ4v) is 6.01. The lowest BCUT2D eigenvalue weighted by atomic mass is 9.86. The molecule has 2 unspecified atom stereocenters. The van der Waals surface area contributed by atoms with Crippen molar-refractivity contribution in [1.82, 2.24) is 10.3 Å². The van der Waals surface area contributed by atoms with E-state index in [1.165, 1.54) is 17.3 Å². The van der Waals surface area contributed by atoms with Gasteiger partial charge in [-0.1, -0.05) is 43.5 Å². The maximum atomic E-state index is 14.5. The van der Waals surface area contributed by atoms with Crippen molar-refractivity contribution in [1.29, 1.82) is 0 Å². The molecular weight excluding hydrogens is 404 g/mol. The molecule has 1 N–H and O–H groups in total. The number of aryl methyl sites for hydroxylation is 1. The van der Waals surface area contributed by atoms with Gasteiger partial charge in [0.1, 0.15) is 21.5 Å². The van der Waals surface area contributed by atoms with Crippen LogP contribution in [0.2, 0.25) is 0 Å². The second-order valence-corrected chi connectivity index (χ2v) is 9.03. The number of hydrogen-bond acceptors (Lipinski definition) is 4. The molecule has 2 aliphatic heterocycles. The minimum atomic E-state index is -0.706. The topological polar surface area (TPSA) is 44.7 Å². The van der Waals surface area contributed by atoms with Crippen molar-refractivity contribution >= 4 is 22.7 Å². The second kappa shape index (κ2) is 8.12. The number of rotatable bonds is 2. The van der Waals surface area contributed by atoms with Crippen LogP contribution in [0, 0.1) is 17.6 Å². The quantitative estimate of drug-likeness (QED) is 0.757. The SMILES string of the molecule is C.O=C(C1CCNC1)N1N=C(c2cc(F)ccc2F)SC12CCCc1ccccc12. The molecule has 1 spiro atoms. The van der Waals surface area contributed by atoms with Crippen LogP contribution in [-0.2, 0) is 16.1 Å². The van der Waals surface area contributed by atoms with Crippen LogP contribution in [0.3, 0.4) is 0 Å². The lowest BCUT2D eigenvalue weighted by molar-refractivity contribution is -0.138. The van der Waals surface area contributed by atoms with Crippen molar-refractivity contribution in [3.63, 3.8) is 0 Å². The van der Waals surface area contributed by atoms with Crippen LogP contribution in [0.4, 0.5) is 8.78 Å². The lowest BCUT2D eigenvalue weighted by Crippen LogP contribution is -2.46. The third-order valence-electron chi connectivity index (χ3n) is 5.98. The summed E-state index contributed by atoms with van der Waals surface area (Å²) in [7, 11) is 0. The molecular formula is C23H25F2N3OS. The van der Waals surface area contributed by atoms with Crippen LogP contribution < -0.4 is 5.32 Å². The molecule has 2 aromatic carbocycles. The van der Waals surface area contributed by atoms with Crippen LogP contribution >= 0.6 is 11.8 Å². The number of halogens is 2. The molecule has 1 saturated heterocycles. The predicted molar refractivity (Wildman–Crippen MR) is 116 cm³/mol. The Morgan fingerprint density at radius 3 is 2.87 bits per heavy atom. The molecule has 0 aromatic heterocycles. The maximum absolute atomic E-state index is 14.5. The number of nitrogens with zero attached hydrogens (tertiary/aromatic N) is 2. The van der Waals surface area contributed by atoms with Crippen LogP contribution in [0.25, 0.3) is 0 Å². The molecule has 5 rings (SSSR count). The van der Waals surface area contributed by atoms with E-state index in [1.54, 1.807) is 5.01 Å². The Balaban J connectivity index is 0.00000218. The number of nitrogens with one attached hydrogen (secondary N) is 1. The first-order chi connectivity index (χ1) is 14.1. The highest BCUT2D eigenvalue weighted by Gasteiger charge is 2.52. The molecule has 7 heteroatoms. The molecule has 0 bridgehead atoms. The van der Waals surface area contributed by atoms with Gasteiger partial charge in [-0.2, -0.15) is 5.10 Å². The Labute approximate surface area is 179 Å². The number of hydrazone groups is 1. The normalized spacial score (nSPS) is 25.1. The van der Waals surface area contributed by atoms with Crippen molar-refractivity contribution in [2.24, 2.45) is 11.0 Å². The highest BCUT2D eigenvalue weighted by Crippen LogP contribution is 2.54. The van der Waals surface area contributed by atoms with Crippen molar-refractivity contribution in [3.8, 4) is 0 Å². The Morgan fingerprint density at radius 1 is 1.23 bits per heavy atom. The number of carbonyl (C=O) groups excluding carboxylic acids is 1. The summed E-state index contributed by atoms with van der Waals surface area (Å²) in [5.74, 6) is -1.26. The summed E-state index contributed by atoms with van der Waals surface area (Å²) in [6.45, 7) is 1.42. The standard InChI is InChI=1S/C22H21F2N3OS.CH4/c23-16-7-8-19(24)17(12-16)20-26-27(21(28)15-9-11-25-13-15)22(29-20)10-3-5-14-4-1-2-6-18(14)22;/h1-2,4,6-8,12,15,25H,3,5,9-11,13H2;1H4. The van der Waals surface area contributed by atoms with Gasteiger partial charge in [-0.25, -0.2) is 13.8 Å². The van der Waals surface area contributed by atoms with Crippen molar-refractivity contribution in [2.45, 2.75) is 38.0 Å². The van der Waals surface area contributed by atoms with E-state index in [4.69, 9.17) is 0 Å². The summed E-state index contributed by atoms with van der Waals surface area (Å²) >= 11 is 1.38. The van der Waals surface area contributed by atoms with Gasteiger partial charge in [0.05, 0.1) is 5.92 Å². The van der Waals surface area contributed by atoms with Crippen molar-refractivity contribution < 1.29 is 13.6 Å². The van der Waals surface area contributed by atoms with E-state index in [0.717, 1.165) is 56.0 Å². The largest absolute Gasteiger partial charge is 0.316 e. The fraction of sp³-hybridized carbons (Fsp3) is 0.391. The highest BCUT2D eigenvalue weighted by molar-refractivity contribution is 8.15. The predicted octanol–water partition coefficient (Wildman–Crippen LogP) is 4.64. The molecule has 2 atom stereocenters. The molecule has 0 radical (unpaired) electrons. The van der Waals surface area contributed by atoms with Crippen LogP contribution in [0.15, 0.2) is 47.6 Å². The minimum Gasteiger partial charge on any atom is -0.316 e. The summed E-state index contributed by atoms with van der Waals surface area (Å²) in [4.78, 5) is 12.8. The smallest absolute Gasteiger partial charge is 0.248 e. The van der Waals surface area contributed by atoms with Gasteiger partial charge < -0.3 is 5.32 Å². The summed E-state index contributed by atoms with van der Waals surface area (Å²) in [5.41, 5.74) is 2.34. The molecule has 2 heterocycles. The first kappa shape index (κ1) is 21.0. The van der Waals surface area contributed by atoms with E-state index < -0.39 is 16.5 Å². The summed E-state index contributed by atoms with van der Waals surface area (Å²) < 4.78 is 28.4. The van der Waals surface area contributed by atoms with Crippen molar-refractivity contribution in [2.75, 3.05) is 13.1 Å². The van der Waals surface area contributed by atoms with Crippen LogP contribution in [0.1, 0.15) is 43.4 Å². The molecule has 4 nitrogen and oxygen atoms in total. The molecule has 30 heavy (non-hydrogen) atoms. The highest BCUT2D eigenvalue weighted by atomic mass is 32.2. The average Bonchev–Trinajstić information content (AvgIpc) is 3.39. The first-order valence-electron chi connectivity index (χ1n) is 9.95. The summed E-state index contributed by atoms with van der Waals surface area (Å²) in [5, 5.41) is 9.78. The molecule has 1 fully saturated rings. The molecule has 158 valence electrons.